The minimum absolute atomic E-state index is 0.00929. The van der Waals surface area contributed by atoms with Gasteiger partial charge in [0, 0.05) is 6.54 Å². The van der Waals surface area contributed by atoms with E-state index in [0.29, 0.717) is 17.7 Å². The summed E-state index contributed by atoms with van der Waals surface area (Å²) in [5.41, 5.74) is -2.09. The van der Waals surface area contributed by atoms with E-state index in [1.54, 1.807) is 17.0 Å². The van der Waals surface area contributed by atoms with Crippen molar-refractivity contribution in [2.75, 3.05) is 23.8 Å². The number of tetrazole rings is 1. The molecule has 0 spiro atoms. The number of benzene rings is 3. The van der Waals surface area contributed by atoms with E-state index >= 15 is 0 Å². The SMILES string of the molecule is Cc1ccc(S(=O)(=O)CCn2nnc(N3CCOC(O[C@H](C)c4cc(C(F)(F)F)cc(C(F)(F)F)c4)C3c3ccc(F)cc3)n2)cc1. The molecule has 17 heteroatoms. The van der Waals surface area contributed by atoms with Crippen molar-refractivity contribution >= 4 is 15.8 Å². The maximum Gasteiger partial charge on any atom is 0.416 e. The summed E-state index contributed by atoms with van der Waals surface area (Å²) in [7, 11) is -3.68. The molecule has 1 saturated heterocycles. The lowest BCUT2D eigenvalue weighted by Gasteiger charge is -2.41. The first-order valence-electron chi connectivity index (χ1n) is 14.2. The summed E-state index contributed by atoms with van der Waals surface area (Å²) in [6.45, 7) is 3.06. The molecule has 4 aromatic rings. The molecule has 5 rings (SSSR count). The Morgan fingerprint density at radius 1 is 0.957 bits per heavy atom. The van der Waals surface area contributed by atoms with E-state index in [2.05, 4.69) is 15.4 Å². The molecular weight excluding hydrogens is 659 g/mol. The van der Waals surface area contributed by atoms with Crippen LogP contribution >= 0.6 is 0 Å². The van der Waals surface area contributed by atoms with E-state index in [-0.39, 0.29) is 42.4 Å². The van der Waals surface area contributed by atoms with Crippen LogP contribution in [0.15, 0.2) is 71.6 Å². The summed E-state index contributed by atoms with van der Waals surface area (Å²) >= 11 is 0. The third kappa shape index (κ3) is 8.08. The third-order valence-electron chi connectivity index (χ3n) is 7.48. The molecular formula is C30H28F7N5O4S. The Balaban J connectivity index is 1.41. The molecule has 0 aliphatic carbocycles. The van der Waals surface area contributed by atoms with Crippen LogP contribution in [0.2, 0.25) is 0 Å². The van der Waals surface area contributed by atoms with Crippen LogP contribution in [0.3, 0.4) is 0 Å². The number of hydrogen-bond acceptors (Lipinski definition) is 8. The number of aromatic nitrogens is 4. The minimum atomic E-state index is -5.05. The van der Waals surface area contributed by atoms with Crippen molar-refractivity contribution < 1.29 is 48.6 Å². The zero-order valence-corrected chi connectivity index (χ0v) is 25.7. The lowest BCUT2D eigenvalue weighted by atomic mass is 10.0. The second-order valence-electron chi connectivity index (χ2n) is 10.9. The number of ether oxygens (including phenoxy) is 2. The average molecular weight is 688 g/mol. The van der Waals surface area contributed by atoms with Gasteiger partial charge in [0.2, 0.25) is 0 Å². The fourth-order valence-corrected chi connectivity index (χ4v) is 6.17. The number of sulfone groups is 1. The van der Waals surface area contributed by atoms with Gasteiger partial charge in [-0.3, -0.25) is 0 Å². The van der Waals surface area contributed by atoms with E-state index in [0.717, 1.165) is 22.5 Å². The molecule has 252 valence electrons. The molecule has 0 amide bonds. The fraction of sp³-hybridized carbons (Fsp3) is 0.367. The van der Waals surface area contributed by atoms with Crippen molar-refractivity contribution in [1.82, 2.24) is 20.2 Å². The van der Waals surface area contributed by atoms with Crippen LogP contribution < -0.4 is 4.90 Å². The van der Waals surface area contributed by atoms with Crippen LogP contribution in [0.4, 0.5) is 36.7 Å². The summed E-state index contributed by atoms with van der Waals surface area (Å²) in [6, 6.07) is 11.7. The Hall–Kier alpha value is -4.09. The van der Waals surface area contributed by atoms with Gasteiger partial charge in [0.1, 0.15) is 11.9 Å². The highest BCUT2D eigenvalue weighted by Crippen LogP contribution is 2.40. The van der Waals surface area contributed by atoms with Gasteiger partial charge in [-0.2, -0.15) is 31.1 Å². The summed E-state index contributed by atoms with van der Waals surface area (Å²) < 4.78 is 132. The van der Waals surface area contributed by atoms with Crippen molar-refractivity contribution in [3.8, 4) is 0 Å². The van der Waals surface area contributed by atoms with Crippen LogP contribution in [0.25, 0.3) is 0 Å². The maximum absolute atomic E-state index is 13.9. The van der Waals surface area contributed by atoms with Crippen molar-refractivity contribution in [3.05, 3.63) is 100 Å². The molecule has 1 aliphatic heterocycles. The van der Waals surface area contributed by atoms with Crippen molar-refractivity contribution in [2.24, 2.45) is 0 Å². The third-order valence-corrected chi connectivity index (χ3v) is 9.19. The average Bonchev–Trinajstić information content (AvgIpc) is 3.49. The van der Waals surface area contributed by atoms with Crippen LogP contribution in [0, 0.1) is 12.7 Å². The van der Waals surface area contributed by atoms with Crippen LogP contribution in [0.5, 0.6) is 0 Å². The number of rotatable bonds is 9. The van der Waals surface area contributed by atoms with Crippen LogP contribution in [-0.2, 0) is 38.2 Å². The molecule has 0 radical (unpaired) electrons. The highest BCUT2D eigenvalue weighted by molar-refractivity contribution is 7.91. The minimum Gasteiger partial charge on any atom is -0.348 e. The first-order valence-corrected chi connectivity index (χ1v) is 15.8. The van der Waals surface area contributed by atoms with Crippen LogP contribution in [0.1, 0.15) is 46.9 Å². The largest absolute Gasteiger partial charge is 0.416 e. The van der Waals surface area contributed by atoms with Crippen molar-refractivity contribution in [1.29, 1.82) is 0 Å². The number of morpholine rings is 1. The molecule has 1 aromatic heterocycles. The van der Waals surface area contributed by atoms with Gasteiger partial charge in [-0.05, 0) is 72.7 Å². The maximum atomic E-state index is 13.9. The molecule has 0 N–H and O–H groups in total. The lowest BCUT2D eigenvalue weighted by Crippen LogP contribution is -2.47. The molecule has 1 aliphatic rings. The van der Waals surface area contributed by atoms with Gasteiger partial charge < -0.3 is 14.4 Å². The van der Waals surface area contributed by atoms with Gasteiger partial charge >= 0.3 is 12.4 Å². The number of halogens is 7. The monoisotopic (exact) mass is 687 g/mol. The Labute approximate surface area is 264 Å². The number of alkyl halides is 6. The topological polar surface area (TPSA) is 99.4 Å². The predicted octanol–water partition coefficient (Wildman–Crippen LogP) is 6.31. The normalized spacial score (nSPS) is 18.4. The van der Waals surface area contributed by atoms with E-state index in [1.807, 2.05) is 6.92 Å². The molecule has 47 heavy (non-hydrogen) atoms. The predicted molar refractivity (Wildman–Crippen MR) is 153 cm³/mol. The Morgan fingerprint density at radius 2 is 1.57 bits per heavy atom. The summed E-state index contributed by atoms with van der Waals surface area (Å²) in [5.74, 6) is -0.892. The van der Waals surface area contributed by atoms with E-state index < -0.39 is 63.1 Å². The molecule has 3 atom stereocenters. The molecule has 9 nitrogen and oxygen atoms in total. The second-order valence-corrected chi connectivity index (χ2v) is 13.0. The smallest absolute Gasteiger partial charge is 0.348 e. The molecule has 2 heterocycles. The van der Waals surface area contributed by atoms with Crippen molar-refractivity contribution in [2.45, 2.75) is 56.1 Å². The van der Waals surface area contributed by atoms with Crippen molar-refractivity contribution in [3.63, 3.8) is 0 Å². The van der Waals surface area contributed by atoms with Gasteiger partial charge in [-0.15, -0.1) is 5.10 Å². The molecule has 2 unspecified atom stereocenters. The Morgan fingerprint density at radius 3 is 2.17 bits per heavy atom. The second kappa shape index (κ2) is 13.2. The molecule has 3 aromatic carbocycles. The van der Waals surface area contributed by atoms with Gasteiger partial charge in [-0.1, -0.05) is 34.9 Å². The zero-order valence-electron chi connectivity index (χ0n) is 24.8. The van der Waals surface area contributed by atoms with Gasteiger partial charge in [0.05, 0.1) is 41.0 Å². The van der Waals surface area contributed by atoms with Gasteiger partial charge in [-0.25, -0.2) is 12.8 Å². The van der Waals surface area contributed by atoms with E-state index in [4.69, 9.17) is 9.47 Å². The number of hydrogen-bond donors (Lipinski definition) is 0. The lowest BCUT2D eigenvalue weighted by molar-refractivity contribution is -0.192. The standard InChI is InChI=1S/C30H28F7N5O4S/c1-18-3-9-25(10-4-18)47(43,44)14-12-42-39-28(38-40-42)41-11-13-45-27(26(41)20-5-7-24(31)8-6-20)46-19(2)21-15-22(29(32,33)34)17-23(16-21)30(35,36)37/h3-10,15-17,19,26-27H,11-14H2,1-2H3/t19-,26?,27?/m1/s1. The zero-order chi connectivity index (χ0) is 34.1. The fourth-order valence-electron chi connectivity index (χ4n) is 4.98. The first kappa shape index (κ1) is 34.3. The molecule has 0 saturated carbocycles. The summed E-state index contributed by atoms with van der Waals surface area (Å²) in [6.07, 6.45) is -12.7. The summed E-state index contributed by atoms with van der Waals surface area (Å²) in [5, 5.41) is 12.3. The number of nitrogens with zero attached hydrogens (tertiary/aromatic N) is 5. The first-order chi connectivity index (χ1) is 22.0. The van der Waals surface area contributed by atoms with E-state index in [1.165, 1.54) is 31.2 Å². The number of aryl methyl sites for hydroxylation is 2. The molecule has 0 bridgehead atoms. The van der Waals surface area contributed by atoms with Gasteiger partial charge in [0.15, 0.2) is 16.1 Å². The summed E-state index contributed by atoms with van der Waals surface area (Å²) in [4.78, 5) is 2.78. The number of anilines is 1. The Bertz CT molecular complexity index is 1760. The highest BCUT2D eigenvalue weighted by Gasteiger charge is 2.40. The molecule has 1 fully saturated rings. The quantitative estimate of drug-likeness (QED) is 0.189. The van der Waals surface area contributed by atoms with Crippen LogP contribution in [-0.4, -0.2) is 53.8 Å². The van der Waals surface area contributed by atoms with E-state index in [9.17, 15) is 39.2 Å². The highest BCUT2D eigenvalue weighted by atomic mass is 32.2. The van der Waals surface area contributed by atoms with Gasteiger partial charge in [0.25, 0.3) is 5.95 Å². The Kier molecular flexibility index (Phi) is 9.62.